The van der Waals surface area contributed by atoms with Crippen molar-refractivity contribution < 1.29 is 23.9 Å². The Hall–Kier alpha value is -3.37. The van der Waals surface area contributed by atoms with Crippen LogP contribution in [0.15, 0.2) is 6.20 Å². The molecule has 1 aliphatic rings. The first-order chi connectivity index (χ1) is 17.3. The minimum absolute atomic E-state index is 0.0475. The number of carbonyl (C=O) groups is 3. The van der Waals surface area contributed by atoms with E-state index in [0.717, 1.165) is 55.9 Å². The molecule has 0 unspecified atom stereocenters. The molecule has 3 rings (SSSR count). The molecule has 1 saturated carbocycles. The van der Waals surface area contributed by atoms with Crippen molar-refractivity contribution in [2.75, 3.05) is 24.7 Å². The molecule has 198 valence electrons. The van der Waals surface area contributed by atoms with E-state index >= 15 is 0 Å². The van der Waals surface area contributed by atoms with E-state index in [-0.39, 0.29) is 43.8 Å². The predicted molar refractivity (Wildman–Crippen MR) is 136 cm³/mol. The number of hydrogen-bond donors (Lipinski definition) is 4. The van der Waals surface area contributed by atoms with Crippen LogP contribution in [-0.4, -0.2) is 52.1 Å². The Kier molecular flexibility index (Phi) is 9.89. The topological polar surface area (TPSA) is 175 Å². The van der Waals surface area contributed by atoms with E-state index in [1.54, 1.807) is 13.8 Å². The van der Waals surface area contributed by atoms with E-state index in [1.165, 1.54) is 0 Å². The molecule has 0 aromatic carbocycles. The fourth-order valence-corrected chi connectivity index (χ4v) is 4.91. The highest BCUT2D eigenvalue weighted by atomic mass is 16.5. The molecule has 2 heterocycles. The quantitative estimate of drug-likeness (QED) is 0.318. The van der Waals surface area contributed by atoms with E-state index in [2.05, 4.69) is 20.3 Å². The van der Waals surface area contributed by atoms with Crippen molar-refractivity contribution in [2.45, 2.75) is 77.7 Å². The van der Waals surface area contributed by atoms with E-state index in [1.807, 2.05) is 6.20 Å². The molecular weight excluding hydrogens is 464 g/mol. The summed E-state index contributed by atoms with van der Waals surface area (Å²) in [5.41, 5.74) is 13.4. The lowest BCUT2D eigenvalue weighted by Crippen LogP contribution is -2.45. The van der Waals surface area contributed by atoms with Gasteiger partial charge in [0.25, 0.3) is 0 Å². The largest absolute Gasteiger partial charge is 0.466 e. The van der Waals surface area contributed by atoms with Crippen molar-refractivity contribution in [2.24, 2.45) is 11.8 Å². The summed E-state index contributed by atoms with van der Waals surface area (Å²) >= 11 is 0. The van der Waals surface area contributed by atoms with Crippen molar-refractivity contribution >= 4 is 40.6 Å². The van der Waals surface area contributed by atoms with Crippen LogP contribution in [0.25, 0.3) is 11.0 Å². The van der Waals surface area contributed by atoms with Gasteiger partial charge in [0.1, 0.15) is 17.5 Å². The summed E-state index contributed by atoms with van der Waals surface area (Å²) in [5.74, 6) is -0.109. The first-order valence-corrected chi connectivity index (χ1v) is 12.8. The number of fused-ring (bicyclic) bond motifs is 1. The zero-order chi connectivity index (χ0) is 26.1. The number of aromatic amines is 1. The second kappa shape index (κ2) is 13.1. The average Bonchev–Trinajstić information content (AvgIpc) is 3.25. The smallest absolute Gasteiger partial charge is 0.328 e. The lowest BCUT2D eigenvalue weighted by molar-refractivity contribution is -0.149. The number of aromatic nitrogens is 3. The van der Waals surface area contributed by atoms with Gasteiger partial charge in [0.15, 0.2) is 0 Å². The Morgan fingerprint density at radius 2 is 1.83 bits per heavy atom. The van der Waals surface area contributed by atoms with Gasteiger partial charge in [0.05, 0.1) is 18.6 Å². The van der Waals surface area contributed by atoms with Gasteiger partial charge < -0.3 is 31.2 Å². The van der Waals surface area contributed by atoms with Crippen LogP contribution in [0.4, 0.5) is 11.8 Å². The third-order valence-electron chi connectivity index (χ3n) is 6.76. The second-order valence-corrected chi connectivity index (χ2v) is 9.27. The maximum atomic E-state index is 12.9. The molecule has 2 aromatic rings. The first kappa shape index (κ1) is 27.2. The summed E-state index contributed by atoms with van der Waals surface area (Å²) in [4.78, 5) is 48.2. The third-order valence-corrected chi connectivity index (χ3v) is 6.76. The Balaban J connectivity index is 1.44. The average molecular weight is 503 g/mol. The number of nitrogens with two attached hydrogens (primary N) is 2. The highest BCUT2D eigenvalue weighted by molar-refractivity contribution is 5.90. The molecule has 1 atom stereocenters. The van der Waals surface area contributed by atoms with Crippen LogP contribution >= 0.6 is 0 Å². The molecule has 0 spiro atoms. The standard InChI is InChI=1S/C25H38N6O5/c1-3-35-19(32)13-12-18(24(34)36-4-2)29-23(33)16-10-8-15(9-11-16)6-5-7-17-14-28-22-20(17)21(26)30-25(27)31-22/h14-16,18H,3-13H2,1-2H3,(H,29,33)(H5,26,27,28,30,31)/t15?,16?,18-/m0/s1. The predicted octanol–water partition coefficient (Wildman–Crippen LogP) is 2.64. The van der Waals surface area contributed by atoms with E-state index < -0.39 is 18.0 Å². The van der Waals surface area contributed by atoms with Crippen LogP contribution in [0.3, 0.4) is 0 Å². The van der Waals surface area contributed by atoms with Gasteiger partial charge in [-0.2, -0.15) is 9.97 Å². The molecule has 11 nitrogen and oxygen atoms in total. The summed E-state index contributed by atoms with van der Waals surface area (Å²) in [6.45, 7) is 3.92. The normalized spacial score (nSPS) is 18.5. The molecule has 1 aliphatic carbocycles. The van der Waals surface area contributed by atoms with Gasteiger partial charge in [-0.25, -0.2) is 4.79 Å². The van der Waals surface area contributed by atoms with E-state index in [0.29, 0.717) is 17.4 Å². The van der Waals surface area contributed by atoms with Gasteiger partial charge in [-0.3, -0.25) is 9.59 Å². The lowest BCUT2D eigenvalue weighted by atomic mass is 9.79. The molecule has 2 aromatic heterocycles. The molecule has 0 saturated heterocycles. The molecular formula is C25H38N6O5. The van der Waals surface area contributed by atoms with Crippen molar-refractivity contribution in [3.05, 3.63) is 11.8 Å². The van der Waals surface area contributed by atoms with Gasteiger partial charge in [0.2, 0.25) is 11.9 Å². The Bertz CT molecular complexity index is 1050. The van der Waals surface area contributed by atoms with Crippen LogP contribution in [-0.2, 0) is 30.3 Å². The number of ether oxygens (including phenoxy) is 2. The van der Waals surface area contributed by atoms with E-state index in [9.17, 15) is 14.4 Å². The Labute approximate surface area is 211 Å². The number of anilines is 2. The number of nitrogens with zero attached hydrogens (tertiary/aromatic N) is 2. The number of nitrogens with one attached hydrogen (secondary N) is 2. The van der Waals surface area contributed by atoms with E-state index in [4.69, 9.17) is 20.9 Å². The number of H-pyrrole nitrogens is 1. The zero-order valence-electron chi connectivity index (χ0n) is 21.2. The van der Waals surface area contributed by atoms with Crippen molar-refractivity contribution in [3.63, 3.8) is 0 Å². The summed E-state index contributed by atoms with van der Waals surface area (Å²) in [5, 5.41) is 3.65. The number of rotatable bonds is 12. The number of hydrogen-bond acceptors (Lipinski definition) is 9. The molecule has 1 amide bonds. The van der Waals surface area contributed by atoms with Gasteiger partial charge in [0, 0.05) is 18.5 Å². The molecule has 0 bridgehead atoms. The molecule has 0 radical (unpaired) electrons. The lowest BCUT2D eigenvalue weighted by Gasteiger charge is -2.29. The highest BCUT2D eigenvalue weighted by Crippen LogP contribution is 2.33. The number of amides is 1. The SMILES string of the molecule is CCOC(=O)CC[C@H](NC(=O)C1CCC(CCCc2c[nH]c3nc(N)nc(N)c23)CC1)C(=O)OCC. The number of nitrogen functional groups attached to an aromatic ring is 2. The first-order valence-electron chi connectivity index (χ1n) is 12.8. The van der Waals surface area contributed by atoms with Crippen LogP contribution in [0, 0.1) is 11.8 Å². The molecule has 0 aliphatic heterocycles. The molecule has 6 N–H and O–H groups in total. The van der Waals surface area contributed by atoms with Crippen molar-refractivity contribution in [1.29, 1.82) is 0 Å². The summed E-state index contributed by atoms with van der Waals surface area (Å²) in [7, 11) is 0. The molecule has 1 fully saturated rings. The summed E-state index contributed by atoms with van der Waals surface area (Å²) in [6, 6.07) is -0.845. The Morgan fingerprint density at radius 1 is 1.11 bits per heavy atom. The van der Waals surface area contributed by atoms with Gasteiger partial charge in [-0.05, 0) is 70.3 Å². The van der Waals surface area contributed by atoms with Crippen LogP contribution < -0.4 is 16.8 Å². The van der Waals surface area contributed by atoms with Crippen LogP contribution in [0.1, 0.15) is 70.8 Å². The van der Waals surface area contributed by atoms with Gasteiger partial charge >= 0.3 is 11.9 Å². The minimum atomic E-state index is -0.845. The van der Waals surface area contributed by atoms with Gasteiger partial charge in [-0.1, -0.05) is 6.42 Å². The monoisotopic (exact) mass is 502 g/mol. The van der Waals surface area contributed by atoms with Crippen molar-refractivity contribution in [3.8, 4) is 0 Å². The summed E-state index contributed by atoms with van der Waals surface area (Å²) < 4.78 is 10.0. The fourth-order valence-electron chi connectivity index (χ4n) is 4.91. The maximum Gasteiger partial charge on any atom is 0.328 e. The highest BCUT2D eigenvalue weighted by Gasteiger charge is 2.30. The van der Waals surface area contributed by atoms with Crippen LogP contribution in [0.2, 0.25) is 0 Å². The van der Waals surface area contributed by atoms with Crippen molar-refractivity contribution in [1.82, 2.24) is 20.3 Å². The molecule has 36 heavy (non-hydrogen) atoms. The second-order valence-electron chi connectivity index (χ2n) is 9.27. The maximum absolute atomic E-state index is 12.9. The Morgan fingerprint density at radius 3 is 2.53 bits per heavy atom. The number of aryl methyl sites for hydroxylation is 1. The molecule has 11 heteroatoms. The fraction of sp³-hybridized carbons (Fsp3) is 0.640. The number of carbonyl (C=O) groups excluding carboxylic acids is 3. The van der Waals surface area contributed by atoms with Crippen LogP contribution in [0.5, 0.6) is 0 Å². The third kappa shape index (κ3) is 7.32. The minimum Gasteiger partial charge on any atom is -0.466 e. The summed E-state index contributed by atoms with van der Waals surface area (Å²) in [6.07, 6.45) is 8.51. The number of esters is 2. The van der Waals surface area contributed by atoms with Gasteiger partial charge in [-0.15, -0.1) is 0 Å². The zero-order valence-corrected chi connectivity index (χ0v) is 21.2.